The number of benzene rings is 1. The lowest BCUT2D eigenvalue weighted by Crippen LogP contribution is -2.11. The lowest BCUT2D eigenvalue weighted by Gasteiger charge is -2.08. The first-order valence-electron chi connectivity index (χ1n) is 5.91. The fraction of sp³-hybridized carbons (Fsp3) is 0.231. The fourth-order valence-corrected chi connectivity index (χ4v) is 4.79. The van der Waals surface area contributed by atoms with E-state index in [1.165, 1.54) is 11.3 Å². The second-order valence-electron chi connectivity index (χ2n) is 4.28. The van der Waals surface area contributed by atoms with Crippen LogP contribution in [0.5, 0.6) is 0 Å². The lowest BCUT2D eigenvalue weighted by molar-refractivity contribution is 0.300. The zero-order valence-corrected chi connectivity index (χ0v) is 14.0. The van der Waals surface area contributed by atoms with Crippen molar-refractivity contribution in [1.29, 1.82) is 0 Å². The molecular weight excluding hydrogens is 362 g/mol. The molecule has 0 atom stereocenters. The van der Waals surface area contributed by atoms with Crippen LogP contribution in [0.3, 0.4) is 0 Å². The van der Waals surface area contributed by atoms with E-state index < -0.39 is 10.0 Å². The van der Waals surface area contributed by atoms with Gasteiger partial charge in [0.2, 0.25) is 0 Å². The van der Waals surface area contributed by atoms with E-state index in [1.54, 1.807) is 18.2 Å². The summed E-state index contributed by atoms with van der Waals surface area (Å²) in [6, 6.07) is 8.69. The highest BCUT2D eigenvalue weighted by atomic mass is 79.9. The van der Waals surface area contributed by atoms with Crippen LogP contribution in [0.2, 0.25) is 0 Å². The largest absolute Gasteiger partial charge is 0.396 e. The van der Waals surface area contributed by atoms with Crippen LogP contribution in [-0.2, 0) is 16.4 Å². The van der Waals surface area contributed by atoms with Crippen LogP contribution in [0.1, 0.15) is 10.4 Å². The molecule has 0 saturated carbocycles. The Morgan fingerprint density at radius 2 is 2.05 bits per heavy atom. The van der Waals surface area contributed by atoms with Crippen LogP contribution in [0.25, 0.3) is 0 Å². The maximum absolute atomic E-state index is 12.3. The molecule has 2 N–H and O–H groups in total. The quantitative estimate of drug-likeness (QED) is 0.843. The van der Waals surface area contributed by atoms with Crippen molar-refractivity contribution in [2.24, 2.45) is 0 Å². The summed E-state index contributed by atoms with van der Waals surface area (Å²) in [7, 11) is -3.59. The number of aryl methyl sites for hydroxylation is 1. The van der Waals surface area contributed by atoms with Crippen molar-refractivity contribution < 1.29 is 13.5 Å². The third-order valence-electron chi connectivity index (χ3n) is 2.63. The van der Waals surface area contributed by atoms with Crippen LogP contribution < -0.4 is 4.72 Å². The summed E-state index contributed by atoms with van der Waals surface area (Å²) < 4.78 is 28.0. The zero-order chi connectivity index (χ0) is 14.8. The second kappa shape index (κ2) is 6.26. The summed E-state index contributed by atoms with van der Waals surface area (Å²) >= 11 is 4.51. The molecule has 1 heterocycles. The molecule has 0 saturated heterocycles. The molecular formula is C13H14BrNO3S2. The molecule has 0 aliphatic heterocycles. The summed E-state index contributed by atoms with van der Waals surface area (Å²) in [5.41, 5.74) is 1.55. The number of rotatable bonds is 5. The predicted molar refractivity (Wildman–Crippen MR) is 84.8 cm³/mol. The molecule has 0 amide bonds. The van der Waals surface area contributed by atoms with E-state index in [4.69, 9.17) is 5.11 Å². The van der Waals surface area contributed by atoms with Gasteiger partial charge in [-0.05, 0) is 52.7 Å². The highest BCUT2D eigenvalue weighted by molar-refractivity contribution is 9.10. The number of nitrogens with one attached hydrogen (secondary N) is 1. The van der Waals surface area contributed by atoms with Gasteiger partial charge in [0.15, 0.2) is 0 Å². The Morgan fingerprint density at radius 3 is 2.70 bits per heavy atom. The van der Waals surface area contributed by atoms with Crippen molar-refractivity contribution in [1.82, 2.24) is 0 Å². The molecule has 0 unspecified atom stereocenters. The maximum atomic E-state index is 12.3. The number of aliphatic hydroxyl groups excluding tert-OH is 1. The molecule has 0 radical (unpaired) electrons. The van der Waals surface area contributed by atoms with E-state index in [0.29, 0.717) is 16.6 Å². The Balaban J connectivity index is 2.26. The van der Waals surface area contributed by atoms with Crippen molar-refractivity contribution >= 4 is 43.0 Å². The lowest BCUT2D eigenvalue weighted by atomic mass is 10.2. The van der Waals surface area contributed by atoms with Crippen LogP contribution in [-0.4, -0.2) is 20.1 Å². The van der Waals surface area contributed by atoms with Gasteiger partial charge in [0.1, 0.15) is 4.21 Å². The number of thiophene rings is 1. The Bertz CT molecular complexity index is 710. The van der Waals surface area contributed by atoms with Gasteiger partial charge in [0, 0.05) is 22.4 Å². The molecule has 2 aromatic rings. The normalized spacial score (nSPS) is 11.6. The Kier molecular flexibility index (Phi) is 4.85. The summed E-state index contributed by atoms with van der Waals surface area (Å²) in [6.07, 6.45) is 0.467. The first-order valence-corrected chi connectivity index (χ1v) is 9.00. The average molecular weight is 376 g/mol. The fourth-order valence-electron chi connectivity index (χ4n) is 1.65. The maximum Gasteiger partial charge on any atom is 0.271 e. The number of hydrogen-bond acceptors (Lipinski definition) is 4. The average Bonchev–Trinajstić information content (AvgIpc) is 2.83. The molecule has 20 heavy (non-hydrogen) atoms. The van der Waals surface area contributed by atoms with Gasteiger partial charge in [-0.3, -0.25) is 4.72 Å². The Morgan fingerprint density at radius 1 is 1.30 bits per heavy atom. The zero-order valence-electron chi connectivity index (χ0n) is 10.8. The van der Waals surface area contributed by atoms with Gasteiger partial charge in [-0.1, -0.05) is 6.07 Å². The SMILES string of the molecule is Cc1ccc(NS(=O)(=O)c2ccc(CCO)s2)c(Br)c1. The first kappa shape index (κ1) is 15.5. The number of sulfonamides is 1. The van der Waals surface area contributed by atoms with E-state index in [1.807, 2.05) is 19.1 Å². The minimum atomic E-state index is -3.59. The minimum absolute atomic E-state index is 0.0109. The first-order chi connectivity index (χ1) is 9.42. The van der Waals surface area contributed by atoms with Gasteiger partial charge in [-0.15, -0.1) is 11.3 Å². The summed E-state index contributed by atoms with van der Waals surface area (Å²) in [6.45, 7) is 1.94. The Hall–Kier alpha value is -0.890. The minimum Gasteiger partial charge on any atom is -0.396 e. The molecule has 0 aliphatic rings. The third kappa shape index (κ3) is 3.60. The molecule has 4 nitrogen and oxygen atoms in total. The monoisotopic (exact) mass is 375 g/mol. The number of halogens is 1. The summed E-state index contributed by atoms with van der Waals surface area (Å²) in [5, 5.41) is 8.86. The van der Waals surface area contributed by atoms with Crippen LogP contribution in [0, 0.1) is 6.92 Å². The highest BCUT2D eigenvalue weighted by Gasteiger charge is 2.18. The van der Waals surface area contributed by atoms with Crippen molar-refractivity contribution in [2.75, 3.05) is 11.3 Å². The standard InChI is InChI=1S/C13H14BrNO3S2/c1-9-2-4-12(11(14)8-9)15-20(17,18)13-5-3-10(19-13)6-7-16/h2-5,8,15-16H,6-7H2,1H3. The van der Waals surface area contributed by atoms with Crippen molar-refractivity contribution in [2.45, 2.75) is 17.6 Å². The molecule has 108 valence electrons. The van der Waals surface area contributed by atoms with Crippen molar-refractivity contribution in [3.63, 3.8) is 0 Å². The van der Waals surface area contributed by atoms with E-state index in [-0.39, 0.29) is 10.8 Å². The van der Waals surface area contributed by atoms with Gasteiger partial charge < -0.3 is 5.11 Å². The topological polar surface area (TPSA) is 66.4 Å². The highest BCUT2D eigenvalue weighted by Crippen LogP contribution is 2.28. The number of anilines is 1. The molecule has 0 spiro atoms. The van der Waals surface area contributed by atoms with Crippen LogP contribution in [0.15, 0.2) is 39.0 Å². The second-order valence-corrected chi connectivity index (χ2v) is 8.22. The van der Waals surface area contributed by atoms with E-state index in [9.17, 15) is 8.42 Å². The Labute approximate surface area is 130 Å². The van der Waals surface area contributed by atoms with E-state index in [2.05, 4.69) is 20.7 Å². The van der Waals surface area contributed by atoms with Crippen molar-refractivity contribution in [3.05, 3.63) is 45.2 Å². The van der Waals surface area contributed by atoms with Crippen LogP contribution in [0.4, 0.5) is 5.69 Å². The molecule has 0 aliphatic carbocycles. The number of aliphatic hydroxyl groups is 1. The summed E-state index contributed by atoms with van der Waals surface area (Å²) in [5.74, 6) is 0. The third-order valence-corrected chi connectivity index (χ3v) is 6.29. The molecule has 1 aromatic carbocycles. The molecule has 2 rings (SSSR count). The molecule has 7 heteroatoms. The number of hydrogen-bond donors (Lipinski definition) is 2. The summed E-state index contributed by atoms with van der Waals surface area (Å²) in [4.78, 5) is 0.843. The molecule has 0 fully saturated rings. The smallest absolute Gasteiger partial charge is 0.271 e. The molecule has 1 aromatic heterocycles. The van der Waals surface area contributed by atoms with Gasteiger partial charge in [-0.2, -0.15) is 0 Å². The van der Waals surface area contributed by atoms with E-state index in [0.717, 1.165) is 10.4 Å². The molecule has 0 bridgehead atoms. The van der Waals surface area contributed by atoms with Gasteiger partial charge in [-0.25, -0.2) is 8.42 Å². The van der Waals surface area contributed by atoms with Gasteiger partial charge in [0.25, 0.3) is 10.0 Å². The predicted octanol–water partition coefficient (Wildman–Crippen LogP) is 3.15. The van der Waals surface area contributed by atoms with E-state index >= 15 is 0 Å². The van der Waals surface area contributed by atoms with Gasteiger partial charge >= 0.3 is 0 Å². The van der Waals surface area contributed by atoms with Gasteiger partial charge in [0.05, 0.1) is 5.69 Å². The van der Waals surface area contributed by atoms with Crippen LogP contribution >= 0.6 is 27.3 Å². The van der Waals surface area contributed by atoms with Crippen molar-refractivity contribution in [3.8, 4) is 0 Å².